The predicted octanol–water partition coefficient (Wildman–Crippen LogP) is 1.82. The van der Waals surface area contributed by atoms with Crippen molar-refractivity contribution in [2.45, 2.75) is 46.6 Å². The van der Waals surface area contributed by atoms with Crippen molar-refractivity contribution < 1.29 is 14.3 Å². The zero-order valence-corrected chi connectivity index (χ0v) is 21.6. The van der Waals surface area contributed by atoms with Crippen LogP contribution in [0.2, 0.25) is 0 Å². The number of anilines is 2. The number of hydrogen-bond donors (Lipinski definition) is 2. The minimum Gasteiger partial charge on any atom is -0.385 e. The molecule has 3 rings (SSSR count). The number of hydrogen-bond acceptors (Lipinski definition) is 6. The molecule has 0 aliphatic carbocycles. The Kier molecular flexibility index (Phi) is 8.73. The summed E-state index contributed by atoms with van der Waals surface area (Å²) in [4.78, 5) is 57.7. The van der Waals surface area contributed by atoms with Gasteiger partial charge in [-0.05, 0) is 24.8 Å². The number of aromatic nitrogens is 2. The van der Waals surface area contributed by atoms with E-state index in [2.05, 4.69) is 4.98 Å². The van der Waals surface area contributed by atoms with E-state index in [0.29, 0.717) is 32.4 Å². The molecule has 10 nitrogen and oxygen atoms in total. The second kappa shape index (κ2) is 11.6. The van der Waals surface area contributed by atoms with Crippen LogP contribution in [-0.4, -0.2) is 59.6 Å². The number of aromatic amines is 1. The Balaban J connectivity index is 1.98. The molecule has 0 spiro atoms. The van der Waals surface area contributed by atoms with E-state index < -0.39 is 22.6 Å². The fourth-order valence-corrected chi connectivity index (χ4v) is 4.52. The average molecular weight is 500 g/mol. The van der Waals surface area contributed by atoms with Gasteiger partial charge in [0.1, 0.15) is 5.82 Å². The summed E-state index contributed by atoms with van der Waals surface area (Å²) in [7, 11) is 1.56. The van der Waals surface area contributed by atoms with E-state index in [0.717, 1.165) is 5.56 Å². The molecule has 36 heavy (non-hydrogen) atoms. The molecule has 1 aliphatic heterocycles. The van der Waals surface area contributed by atoms with Crippen molar-refractivity contribution >= 4 is 23.3 Å². The van der Waals surface area contributed by atoms with Gasteiger partial charge in [-0.3, -0.25) is 23.9 Å². The summed E-state index contributed by atoms with van der Waals surface area (Å²) in [6.07, 6.45) is 1.74. The molecule has 2 aromatic rings. The van der Waals surface area contributed by atoms with Crippen molar-refractivity contribution in [2.75, 3.05) is 44.0 Å². The number of nitrogens with one attached hydrogen (secondary N) is 1. The van der Waals surface area contributed by atoms with Gasteiger partial charge in [-0.15, -0.1) is 0 Å². The van der Waals surface area contributed by atoms with E-state index in [1.54, 1.807) is 12.0 Å². The molecule has 2 amide bonds. The van der Waals surface area contributed by atoms with Gasteiger partial charge in [0.2, 0.25) is 11.8 Å². The number of ether oxygens (including phenoxy) is 1. The molecule has 3 N–H and O–H groups in total. The lowest BCUT2D eigenvalue weighted by Gasteiger charge is -2.37. The lowest BCUT2D eigenvalue weighted by molar-refractivity contribution is -0.142. The van der Waals surface area contributed by atoms with Gasteiger partial charge >= 0.3 is 5.69 Å². The summed E-state index contributed by atoms with van der Waals surface area (Å²) in [5.74, 6) is -0.864. The molecule has 0 saturated carbocycles. The van der Waals surface area contributed by atoms with Crippen molar-refractivity contribution in [2.24, 2.45) is 11.3 Å². The van der Waals surface area contributed by atoms with Crippen molar-refractivity contribution in [1.29, 1.82) is 0 Å². The van der Waals surface area contributed by atoms with Gasteiger partial charge in [0.25, 0.3) is 5.56 Å². The highest BCUT2D eigenvalue weighted by atomic mass is 16.5. The number of piperidine rings is 1. The normalized spacial score (nSPS) is 16.1. The highest BCUT2D eigenvalue weighted by Gasteiger charge is 2.36. The number of benzene rings is 1. The Bertz CT molecular complexity index is 1180. The van der Waals surface area contributed by atoms with Gasteiger partial charge in [-0.1, -0.05) is 51.1 Å². The van der Waals surface area contributed by atoms with Crippen LogP contribution >= 0.6 is 0 Å². The molecule has 0 radical (unpaired) electrons. The first-order chi connectivity index (χ1) is 17.0. The smallest absolute Gasteiger partial charge is 0.330 e. The molecule has 1 aromatic heterocycles. The molecule has 1 aromatic carbocycles. The third kappa shape index (κ3) is 6.23. The van der Waals surface area contributed by atoms with Crippen molar-refractivity contribution in [1.82, 2.24) is 14.5 Å². The highest BCUT2D eigenvalue weighted by molar-refractivity contribution is 5.97. The number of nitrogens with two attached hydrogens (primary N) is 1. The minimum atomic E-state index is -0.717. The van der Waals surface area contributed by atoms with Crippen molar-refractivity contribution in [3.63, 3.8) is 0 Å². The highest BCUT2D eigenvalue weighted by Crippen LogP contribution is 2.27. The van der Waals surface area contributed by atoms with E-state index in [1.807, 2.05) is 51.1 Å². The maximum Gasteiger partial charge on any atom is 0.330 e. The Morgan fingerprint density at radius 2 is 1.89 bits per heavy atom. The van der Waals surface area contributed by atoms with Gasteiger partial charge in [0, 0.05) is 38.8 Å². The molecule has 0 bridgehead atoms. The number of methoxy groups -OCH3 is 1. The molecule has 1 aliphatic rings. The molecule has 196 valence electrons. The van der Waals surface area contributed by atoms with E-state index in [4.69, 9.17) is 10.5 Å². The Labute approximate surface area is 211 Å². The quantitative estimate of drug-likeness (QED) is 0.533. The third-order valence-electron chi connectivity index (χ3n) is 6.36. The van der Waals surface area contributed by atoms with Crippen LogP contribution in [0.4, 0.5) is 11.5 Å². The maximum atomic E-state index is 13.8. The van der Waals surface area contributed by atoms with Crippen LogP contribution in [0.15, 0.2) is 39.9 Å². The molecule has 1 saturated heterocycles. The van der Waals surface area contributed by atoms with Crippen LogP contribution in [0, 0.1) is 11.3 Å². The van der Waals surface area contributed by atoms with E-state index in [1.165, 1.54) is 9.47 Å². The molecule has 1 fully saturated rings. The first kappa shape index (κ1) is 27.2. The van der Waals surface area contributed by atoms with Crippen LogP contribution in [0.5, 0.6) is 0 Å². The molecule has 10 heteroatoms. The van der Waals surface area contributed by atoms with Gasteiger partial charge in [0.15, 0.2) is 5.69 Å². The van der Waals surface area contributed by atoms with E-state index in [-0.39, 0.29) is 43.0 Å². The number of amides is 2. The van der Waals surface area contributed by atoms with Crippen LogP contribution in [0.3, 0.4) is 0 Å². The maximum absolute atomic E-state index is 13.8. The number of nitrogen functional groups attached to an aromatic ring is 1. The Hall–Kier alpha value is -3.40. The molecule has 1 atom stereocenters. The topological polar surface area (TPSA) is 131 Å². The summed E-state index contributed by atoms with van der Waals surface area (Å²) in [5.41, 5.74) is 5.25. The van der Waals surface area contributed by atoms with Gasteiger partial charge in [0.05, 0.1) is 12.5 Å². The van der Waals surface area contributed by atoms with Crippen molar-refractivity contribution in [3.05, 3.63) is 56.7 Å². The molecular formula is C26H37N5O5. The van der Waals surface area contributed by atoms with Crippen LogP contribution in [-0.2, 0) is 20.9 Å². The lowest BCUT2D eigenvalue weighted by Crippen LogP contribution is -2.51. The number of carbonyl (C=O) groups excluding carboxylic acids is 2. The van der Waals surface area contributed by atoms with Crippen molar-refractivity contribution in [3.8, 4) is 0 Å². The first-order valence-corrected chi connectivity index (χ1v) is 12.3. The molecule has 1 unspecified atom stereocenters. The predicted molar refractivity (Wildman–Crippen MR) is 139 cm³/mol. The zero-order chi connectivity index (χ0) is 26.5. The third-order valence-corrected chi connectivity index (χ3v) is 6.36. The van der Waals surface area contributed by atoms with Gasteiger partial charge in [-0.2, -0.15) is 0 Å². The zero-order valence-electron chi connectivity index (χ0n) is 21.6. The first-order valence-electron chi connectivity index (χ1n) is 12.3. The Morgan fingerprint density at radius 1 is 1.19 bits per heavy atom. The summed E-state index contributed by atoms with van der Waals surface area (Å²) in [6.45, 7) is 7.14. The number of H-pyrrole nitrogens is 1. The van der Waals surface area contributed by atoms with Gasteiger partial charge in [-0.25, -0.2) is 4.79 Å². The standard InChI is InChI=1S/C26H37N5O5/c1-26(2,3)24(34)29-13-8-12-19(17-29)23(33)30(14-9-15-36-4)20-21(27)31(25(35)28-22(20)32)16-18-10-6-5-7-11-18/h5-7,10-11,19H,8-9,12-17,27H2,1-4H3,(H,28,32,35). The summed E-state index contributed by atoms with van der Waals surface area (Å²) < 4.78 is 6.42. The van der Waals surface area contributed by atoms with E-state index >= 15 is 0 Å². The van der Waals surface area contributed by atoms with Crippen LogP contribution in [0.1, 0.15) is 45.6 Å². The lowest BCUT2D eigenvalue weighted by atomic mass is 9.90. The van der Waals surface area contributed by atoms with Crippen LogP contribution in [0.25, 0.3) is 0 Å². The van der Waals surface area contributed by atoms with Crippen LogP contribution < -0.4 is 21.9 Å². The fraction of sp³-hybridized carbons (Fsp3) is 0.538. The average Bonchev–Trinajstić information content (AvgIpc) is 2.85. The molecular weight excluding hydrogens is 462 g/mol. The Morgan fingerprint density at radius 3 is 2.53 bits per heavy atom. The minimum absolute atomic E-state index is 0.0142. The number of rotatable bonds is 8. The fourth-order valence-electron chi connectivity index (χ4n) is 4.52. The molecule has 2 heterocycles. The summed E-state index contributed by atoms with van der Waals surface area (Å²) in [6, 6.07) is 9.25. The number of nitrogens with zero attached hydrogens (tertiary/aromatic N) is 3. The van der Waals surface area contributed by atoms with E-state index in [9.17, 15) is 19.2 Å². The second-order valence-corrected chi connectivity index (χ2v) is 10.2. The van der Waals surface area contributed by atoms with Gasteiger partial charge < -0.3 is 20.3 Å². The number of carbonyl (C=O) groups is 2. The number of likely N-dealkylation sites (tertiary alicyclic amines) is 1. The SMILES string of the molecule is COCCCN(C(=O)C1CCCN(C(=O)C(C)(C)C)C1)c1c(N)n(Cc2ccccc2)c(=O)[nH]c1=O. The summed E-state index contributed by atoms with van der Waals surface area (Å²) >= 11 is 0. The summed E-state index contributed by atoms with van der Waals surface area (Å²) in [5, 5.41) is 0. The second-order valence-electron chi connectivity index (χ2n) is 10.2. The largest absolute Gasteiger partial charge is 0.385 e. The monoisotopic (exact) mass is 499 g/mol.